The van der Waals surface area contributed by atoms with Gasteiger partial charge in [-0.05, 0) is 52.8 Å². The van der Waals surface area contributed by atoms with E-state index < -0.39 is 15.0 Å². The molecule has 0 aliphatic heterocycles. The van der Waals surface area contributed by atoms with Gasteiger partial charge in [0.15, 0.2) is 5.78 Å². The lowest BCUT2D eigenvalue weighted by Gasteiger charge is -2.19. The maximum absolute atomic E-state index is 12.9. The fourth-order valence-electron chi connectivity index (χ4n) is 3.25. The molecule has 0 atom stereocenters. The van der Waals surface area contributed by atoms with Crippen molar-refractivity contribution in [3.8, 4) is 17.2 Å². The zero-order chi connectivity index (χ0) is 26.0. The van der Waals surface area contributed by atoms with Crippen LogP contribution in [0.1, 0.15) is 63.0 Å². The molecule has 0 aliphatic rings. The van der Waals surface area contributed by atoms with Crippen LogP contribution >= 0.6 is 0 Å². The second-order valence-corrected chi connectivity index (χ2v) is 12.1. The van der Waals surface area contributed by atoms with E-state index in [4.69, 9.17) is 9.47 Å². The van der Waals surface area contributed by atoms with Gasteiger partial charge < -0.3 is 9.47 Å². The minimum absolute atomic E-state index is 0.00160. The van der Waals surface area contributed by atoms with Crippen molar-refractivity contribution in [3.05, 3.63) is 83.4 Å². The first kappa shape index (κ1) is 26.4. The molecule has 6 nitrogen and oxygen atoms in total. The second kappa shape index (κ2) is 9.84. The Bertz CT molecular complexity index is 1290. The van der Waals surface area contributed by atoms with Gasteiger partial charge in [0.1, 0.15) is 22.1 Å². The van der Waals surface area contributed by atoms with Gasteiger partial charge in [0.05, 0.1) is 6.61 Å². The van der Waals surface area contributed by atoms with Gasteiger partial charge >= 0.3 is 0 Å². The maximum atomic E-state index is 12.9. The summed E-state index contributed by atoms with van der Waals surface area (Å²) >= 11 is 0. The van der Waals surface area contributed by atoms with Crippen molar-refractivity contribution in [2.45, 2.75) is 51.9 Å². The van der Waals surface area contributed by atoms with Crippen LogP contribution in [-0.4, -0.2) is 25.4 Å². The largest absolute Gasteiger partial charge is 0.493 e. The van der Waals surface area contributed by atoms with Crippen molar-refractivity contribution in [1.29, 1.82) is 0 Å². The van der Waals surface area contributed by atoms with Crippen molar-refractivity contribution in [1.82, 2.24) is 0 Å². The number of hydrogen-bond acceptors (Lipinski definition) is 5. The summed E-state index contributed by atoms with van der Waals surface area (Å²) in [6.45, 7) is 12.7. The van der Waals surface area contributed by atoms with Gasteiger partial charge in [0, 0.05) is 17.2 Å². The average Bonchev–Trinajstić information content (AvgIpc) is 2.76. The average molecular weight is 497 g/mol. The Labute approximate surface area is 207 Å². The van der Waals surface area contributed by atoms with Crippen LogP contribution in [-0.2, 0) is 15.5 Å². The number of hydrogen-bond donors (Lipinski definition) is 1. The Morgan fingerprint density at radius 3 is 1.80 bits per heavy atom. The molecule has 0 radical (unpaired) electrons. The van der Waals surface area contributed by atoms with E-state index in [2.05, 4.69) is 20.8 Å². The normalized spacial score (nSPS) is 12.3. The number of ketones is 1. The van der Waals surface area contributed by atoms with Crippen molar-refractivity contribution in [3.63, 3.8) is 0 Å². The molecular formula is C28H32O6S. The molecule has 0 heterocycles. The molecule has 0 bridgehead atoms. The zero-order valence-electron chi connectivity index (χ0n) is 21.0. The SMILES string of the molecule is CC(C)(C)COc1ccc(Oc2ccc(C(=O)c3ccc(C(C)(C)C)cc3)cc2)c(S(=O)(=O)O)c1. The number of carbonyl (C=O) groups excluding carboxylic acids is 1. The van der Waals surface area contributed by atoms with Crippen molar-refractivity contribution in [2.75, 3.05) is 6.61 Å². The standard InChI is InChI=1S/C28H32O6S/c1-27(2,3)18-33-23-15-16-24(25(17-23)35(30,31)32)34-22-13-9-20(10-14-22)26(29)19-7-11-21(12-8-19)28(4,5)6/h7-17H,18H2,1-6H3,(H,30,31,32). The van der Waals surface area contributed by atoms with Gasteiger partial charge in [-0.25, -0.2) is 0 Å². The van der Waals surface area contributed by atoms with Crippen LogP contribution < -0.4 is 9.47 Å². The van der Waals surface area contributed by atoms with Crippen LogP contribution in [0.5, 0.6) is 17.2 Å². The first-order valence-corrected chi connectivity index (χ1v) is 12.7. The summed E-state index contributed by atoms with van der Waals surface area (Å²) in [6.07, 6.45) is 0. The summed E-state index contributed by atoms with van der Waals surface area (Å²) in [5.41, 5.74) is 2.06. The van der Waals surface area contributed by atoms with Crippen molar-refractivity contribution >= 4 is 15.9 Å². The number of carbonyl (C=O) groups is 1. The second-order valence-electron chi connectivity index (χ2n) is 10.7. The van der Waals surface area contributed by atoms with E-state index in [9.17, 15) is 17.8 Å². The highest BCUT2D eigenvalue weighted by atomic mass is 32.2. The molecular weight excluding hydrogens is 464 g/mol. The molecule has 0 saturated carbocycles. The monoisotopic (exact) mass is 496 g/mol. The molecule has 186 valence electrons. The smallest absolute Gasteiger partial charge is 0.298 e. The summed E-state index contributed by atoms with van der Waals surface area (Å²) < 4.78 is 45.0. The summed E-state index contributed by atoms with van der Waals surface area (Å²) in [5.74, 6) is 0.444. The molecule has 0 aromatic heterocycles. The highest BCUT2D eigenvalue weighted by Gasteiger charge is 2.20. The topological polar surface area (TPSA) is 89.9 Å². The molecule has 3 aromatic rings. The lowest BCUT2D eigenvalue weighted by Crippen LogP contribution is -2.17. The van der Waals surface area contributed by atoms with Crippen LogP contribution in [0.25, 0.3) is 0 Å². The third-order valence-electron chi connectivity index (χ3n) is 5.22. The molecule has 3 aromatic carbocycles. The Balaban J connectivity index is 1.79. The van der Waals surface area contributed by atoms with E-state index in [1.54, 1.807) is 30.3 Å². The first-order chi connectivity index (χ1) is 16.1. The van der Waals surface area contributed by atoms with Crippen LogP contribution in [0.2, 0.25) is 0 Å². The molecule has 0 aliphatic carbocycles. The van der Waals surface area contributed by atoms with Crippen LogP contribution in [0, 0.1) is 5.41 Å². The summed E-state index contributed by atoms with van der Waals surface area (Å²) in [6, 6.07) is 18.2. The highest BCUT2D eigenvalue weighted by molar-refractivity contribution is 7.86. The quantitative estimate of drug-likeness (QED) is 0.290. The van der Waals surface area contributed by atoms with Gasteiger partial charge in [-0.2, -0.15) is 8.42 Å². The minimum Gasteiger partial charge on any atom is -0.493 e. The number of ether oxygens (including phenoxy) is 2. The minimum atomic E-state index is -4.56. The van der Waals surface area contributed by atoms with Crippen LogP contribution in [0.3, 0.4) is 0 Å². The lowest BCUT2D eigenvalue weighted by atomic mass is 9.86. The summed E-state index contributed by atoms with van der Waals surface area (Å²) in [7, 11) is -4.56. The predicted octanol–water partition coefficient (Wildman–Crippen LogP) is 6.68. The fourth-order valence-corrected chi connectivity index (χ4v) is 3.88. The van der Waals surface area contributed by atoms with E-state index in [1.165, 1.54) is 12.1 Å². The first-order valence-electron chi connectivity index (χ1n) is 11.3. The molecule has 0 unspecified atom stereocenters. The molecule has 1 N–H and O–H groups in total. The van der Waals surface area contributed by atoms with Crippen LogP contribution in [0.15, 0.2) is 71.6 Å². The Hall–Kier alpha value is -3.16. The summed E-state index contributed by atoms with van der Waals surface area (Å²) in [4.78, 5) is 12.5. The lowest BCUT2D eigenvalue weighted by molar-refractivity contribution is 0.103. The van der Waals surface area contributed by atoms with E-state index in [1.807, 2.05) is 45.0 Å². The molecule has 0 spiro atoms. The Morgan fingerprint density at radius 2 is 1.31 bits per heavy atom. The fraction of sp³-hybridized carbons (Fsp3) is 0.321. The number of rotatable bonds is 7. The van der Waals surface area contributed by atoms with Crippen molar-refractivity contribution in [2.24, 2.45) is 5.41 Å². The van der Waals surface area contributed by atoms with Gasteiger partial charge in [0.25, 0.3) is 10.1 Å². The van der Waals surface area contributed by atoms with Crippen molar-refractivity contribution < 1.29 is 27.2 Å². The zero-order valence-corrected chi connectivity index (χ0v) is 21.8. The Morgan fingerprint density at radius 1 is 0.800 bits per heavy atom. The Kier molecular flexibility index (Phi) is 7.43. The maximum Gasteiger partial charge on any atom is 0.298 e. The van der Waals surface area contributed by atoms with Crippen LogP contribution in [0.4, 0.5) is 0 Å². The molecule has 3 rings (SSSR count). The predicted molar refractivity (Wildman–Crippen MR) is 136 cm³/mol. The summed E-state index contributed by atoms with van der Waals surface area (Å²) in [5, 5.41) is 0. The number of benzene rings is 3. The van der Waals surface area contributed by atoms with Gasteiger partial charge in [-0.3, -0.25) is 9.35 Å². The molecule has 7 heteroatoms. The van der Waals surface area contributed by atoms with Gasteiger partial charge in [-0.15, -0.1) is 0 Å². The van der Waals surface area contributed by atoms with Gasteiger partial charge in [-0.1, -0.05) is 65.8 Å². The third-order valence-corrected chi connectivity index (χ3v) is 6.10. The molecule has 0 saturated heterocycles. The van der Waals surface area contributed by atoms with E-state index in [0.717, 1.165) is 5.56 Å². The molecule has 0 amide bonds. The van der Waals surface area contributed by atoms with E-state index in [0.29, 0.717) is 29.2 Å². The van der Waals surface area contributed by atoms with E-state index in [-0.39, 0.29) is 22.4 Å². The molecule has 35 heavy (non-hydrogen) atoms. The third kappa shape index (κ3) is 7.16. The highest BCUT2D eigenvalue weighted by Crippen LogP contribution is 2.33. The van der Waals surface area contributed by atoms with Gasteiger partial charge in [0.2, 0.25) is 0 Å². The van der Waals surface area contributed by atoms with E-state index >= 15 is 0 Å². The molecule has 0 fully saturated rings.